The molecule has 0 fully saturated rings. The maximum Gasteiger partial charge on any atom is 0.347 e. The molecule has 0 aliphatic heterocycles. The molecule has 0 saturated carbocycles. The van der Waals surface area contributed by atoms with Crippen molar-refractivity contribution in [3.63, 3.8) is 0 Å². The van der Waals surface area contributed by atoms with Gasteiger partial charge in [-0.15, -0.1) is 0 Å². The summed E-state index contributed by atoms with van der Waals surface area (Å²) in [6.45, 7) is 0. The largest absolute Gasteiger partial charge is 0.465 e. The Morgan fingerprint density at radius 3 is 2.09 bits per heavy atom. The van der Waals surface area contributed by atoms with Gasteiger partial charge in [-0.2, -0.15) is 5.10 Å². The van der Waals surface area contributed by atoms with Crippen LogP contribution in [0.15, 0.2) is 79.3 Å². The molecule has 0 aliphatic carbocycles. The molecule has 0 saturated heterocycles. The molecular formula is C25H19N3O6. The minimum atomic E-state index is -0.737. The van der Waals surface area contributed by atoms with Crippen molar-refractivity contribution in [1.82, 2.24) is 14.8 Å². The molecule has 0 radical (unpaired) electrons. The summed E-state index contributed by atoms with van der Waals surface area (Å²) in [6.07, 6.45) is 4.75. The number of nitrogens with zero attached hydrogens (tertiary/aromatic N) is 3. The van der Waals surface area contributed by atoms with Gasteiger partial charge in [0.1, 0.15) is 17.0 Å². The summed E-state index contributed by atoms with van der Waals surface area (Å²) in [5.74, 6) is -2.16. The van der Waals surface area contributed by atoms with Gasteiger partial charge < -0.3 is 14.2 Å². The Morgan fingerprint density at radius 1 is 0.824 bits per heavy atom. The van der Waals surface area contributed by atoms with Gasteiger partial charge in [0.05, 0.1) is 31.0 Å². The number of carbonyl (C=O) groups excluding carboxylic acids is 3. The summed E-state index contributed by atoms with van der Waals surface area (Å²) in [5.41, 5.74) is 1.94. The molecule has 0 spiro atoms. The molecule has 9 nitrogen and oxygen atoms in total. The number of methoxy groups -OCH3 is 2. The lowest BCUT2D eigenvalue weighted by Gasteiger charge is -2.09. The van der Waals surface area contributed by atoms with Gasteiger partial charge in [-0.25, -0.2) is 19.1 Å². The first kappa shape index (κ1) is 22.4. The fraction of sp³-hybridized carbons (Fsp3) is 0.0800. The molecule has 2 aromatic heterocycles. The number of para-hydroxylation sites is 1. The maximum atomic E-state index is 13.2. The summed E-state index contributed by atoms with van der Waals surface area (Å²) in [7, 11) is 2.41. The van der Waals surface area contributed by atoms with E-state index in [4.69, 9.17) is 14.2 Å². The van der Waals surface area contributed by atoms with Crippen LogP contribution in [0.3, 0.4) is 0 Å². The third kappa shape index (κ3) is 4.68. The number of carbonyl (C=O) groups is 3. The summed E-state index contributed by atoms with van der Waals surface area (Å²) >= 11 is 0. The molecule has 0 N–H and O–H groups in total. The van der Waals surface area contributed by atoms with Crippen LogP contribution in [0.4, 0.5) is 0 Å². The van der Waals surface area contributed by atoms with Crippen molar-refractivity contribution in [2.75, 3.05) is 14.2 Å². The van der Waals surface area contributed by atoms with Crippen LogP contribution in [-0.4, -0.2) is 46.9 Å². The molecule has 4 aromatic rings. The van der Waals surface area contributed by atoms with Gasteiger partial charge in [0.25, 0.3) is 0 Å². The first-order valence-corrected chi connectivity index (χ1v) is 10.1. The quantitative estimate of drug-likeness (QED) is 0.318. The average Bonchev–Trinajstić information content (AvgIpc) is 3.34. The number of aromatic nitrogens is 3. The van der Waals surface area contributed by atoms with Crippen molar-refractivity contribution in [2.45, 2.75) is 0 Å². The van der Waals surface area contributed by atoms with Crippen LogP contribution in [0.1, 0.15) is 31.1 Å². The van der Waals surface area contributed by atoms with Crippen molar-refractivity contribution >= 4 is 17.9 Å². The van der Waals surface area contributed by atoms with Crippen LogP contribution < -0.4 is 4.74 Å². The van der Waals surface area contributed by atoms with Crippen LogP contribution in [0.5, 0.6) is 5.75 Å². The Kier molecular flexibility index (Phi) is 6.45. The molecule has 0 aliphatic rings. The Balaban J connectivity index is 1.75. The van der Waals surface area contributed by atoms with E-state index >= 15 is 0 Å². The van der Waals surface area contributed by atoms with Gasteiger partial charge in [0.15, 0.2) is 0 Å². The summed E-state index contributed by atoms with van der Waals surface area (Å²) in [6, 6.07) is 16.7. The molecule has 34 heavy (non-hydrogen) atoms. The third-order valence-electron chi connectivity index (χ3n) is 4.85. The first-order valence-electron chi connectivity index (χ1n) is 10.1. The molecule has 9 heteroatoms. The van der Waals surface area contributed by atoms with Gasteiger partial charge in [0, 0.05) is 24.2 Å². The smallest absolute Gasteiger partial charge is 0.347 e. The van der Waals surface area contributed by atoms with E-state index in [0.717, 1.165) is 5.69 Å². The second-order valence-corrected chi connectivity index (χ2v) is 7.03. The highest BCUT2D eigenvalue weighted by molar-refractivity contribution is 5.99. The van der Waals surface area contributed by atoms with Gasteiger partial charge in [0.2, 0.25) is 0 Å². The molecule has 2 aromatic carbocycles. The molecule has 2 heterocycles. The number of hydrogen-bond donors (Lipinski definition) is 0. The number of esters is 3. The van der Waals surface area contributed by atoms with Crippen molar-refractivity contribution in [1.29, 1.82) is 0 Å². The predicted molar refractivity (Wildman–Crippen MR) is 121 cm³/mol. The van der Waals surface area contributed by atoms with E-state index in [1.807, 2.05) is 30.3 Å². The SMILES string of the molecule is COC(=O)c1cc(OC(=O)c2cn(-c3ccccc3)nc2-c2cccnc2)cc(C(=O)OC)c1. The Labute approximate surface area is 194 Å². The Bertz CT molecular complexity index is 1320. The van der Waals surface area contributed by atoms with Crippen LogP contribution >= 0.6 is 0 Å². The van der Waals surface area contributed by atoms with E-state index < -0.39 is 17.9 Å². The van der Waals surface area contributed by atoms with E-state index in [1.165, 1.54) is 32.4 Å². The van der Waals surface area contributed by atoms with E-state index in [9.17, 15) is 14.4 Å². The number of ether oxygens (including phenoxy) is 3. The standard InChI is InChI=1S/C25H19N3O6/c1-32-23(29)17-11-18(24(30)33-2)13-20(12-17)34-25(31)21-15-28(19-8-4-3-5-9-19)27-22(21)16-7-6-10-26-14-16/h3-15H,1-2H3. The minimum Gasteiger partial charge on any atom is -0.465 e. The normalized spacial score (nSPS) is 10.4. The zero-order valence-corrected chi connectivity index (χ0v) is 18.3. The average molecular weight is 457 g/mol. The zero-order valence-electron chi connectivity index (χ0n) is 18.3. The summed E-state index contributed by atoms with van der Waals surface area (Å²) < 4.78 is 16.6. The molecule has 170 valence electrons. The Hall–Kier alpha value is -4.79. The van der Waals surface area contributed by atoms with Crippen LogP contribution in [0, 0.1) is 0 Å². The highest BCUT2D eigenvalue weighted by Gasteiger charge is 2.22. The third-order valence-corrected chi connectivity index (χ3v) is 4.85. The highest BCUT2D eigenvalue weighted by Crippen LogP contribution is 2.26. The van der Waals surface area contributed by atoms with Gasteiger partial charge in [-0.05, 0) is 42.5 Å². The number of benzene rings is 2. The van der Waals surface area contributed by atoms with Crippen LogP contribution in [-0.2, 0) is 9.47 Å². The van der Waals surface area contributed by atoms with E-state index in [2.05, 4.69) is 10.1 Å². The fourth-order valence-corrected chi connectivity index (χ4v) is 3.24. The van der Waals surface area contributed by atoms with Crippen LogP contribution in [0.2, 0.25) is 0 Å². The monoisotopic (exact) mass is 457 g/mol. The van der Waals surface area contributed by atoms with Crippen molar-refractivity contribution < 1.29 is 28.6 Å². The predicted octanol–water partition coefficient (Wildman–Crippen LogP) is 3.73. The number of hydrogen-bond acceptors (Lipinski definition) is 8. The topological polar surface area (TPSA) is 110 Å². The molecule has 0 atom stereocenters. The van der Waals surface area contributed by atoms with E-state index in [-0.39, 0.29) is 22.4 Å². The number of rotatable bonds is 6. The van der Waals surface area contributed by atoms with E-state index in [0.29, 0.717) is 11.3 Å². The lowest BCUT2D eigenvalue weighted by molar-refractivity contribution is 0.0593. The molecule has 0 bridgehead atoms. The van der Waals surface area contributed by atoms with Gasteiger partial charge in [-0.1, -0.05) is 18.2 Å². The Morgan fingerprint density at radius 2 is 1.50 bits per heavy atom. The van der Waals surface area contributed by atoms with Gasteiger partial charge in [-0.3, -0.25) is 4.98 Å². The van der Waals surface area contributed by atoms with Gasteiger partial charge >= 0.3 is 17.9 Å². The summed E-state index contributed by atoms with van der Waals surface area (Å²) in [4.78, 5) is 41.4. The number of pyridine rings is 1. The fourth-order valence-electron chi connectivity index (χ4n) is 3.24. The molecule has 4 rings (SSSR count). The van der Waals surface area contributed by atoms with E-state index in [1.54, 1.807) is 35.4 Å². The lowest BCUT2D eigenvalue weighted by atomic mass is 10.1. The summed E-state index contributed by atoms with van der Waals surface area (Å²) in [5, 5.41) is 4.56. The highest BCUT2D eigenvalue weighted by atomic mass is 16.5. The van der Waals surface area contributed by atoms with Crippen molar-refractivity contribution in [3.8, 4) is 22.7 Å². The molecule has 0 amide bonds. The van der Waals surface area contributed by atoms with Crippen LogP contribution in [0.25, 0.3) is 16.9 Å². The second-order valence-electron chi connectivity index (χ2n) is 7.03. The second kappa shape index (κ2) is 9.78. The first-order chi connectivity index (χ1) is 16.5. The molecular weight excluding hydrogens is 438 g/mol. The lowest BCUT2D eigenvalue weighted by Crippen LogP contribution is -2.12. The van der Waals surface area contributed by atoms with Crippen molar-refractivity contribution in [3.05, 3.63) is 95.9 Å². The zero-order chi connectivity index (χ0) is 24.1. The minimum absolute atomic E-state index is 0.0284. The molecule has 0 unspecified atom stereocenters. The van der Waals surface area contributed by atoms with Crippen molar-refractivity contribution in [2.24, 2.45) is 0 Å². The maximum absolute atomic E-state index is 13.2.